The lowest BCUT2D eigenvalue weighted by Gasteiger charge is -2.37. The molecule has 1 amide bonds. The molecule has 0 saturated heterocycles. The molecule has 2 atom stereocenters. The van der Waals surface area contributed by atoms with E-state index in [1.54, 1.807) is 11.3 Å². The molecular formula is C31H38N2O4S. The molecule has 2 heterocycles. The predicted octanol–water partition coefficient (Wildman–Crippen LogP) is 4.85. The van der Waals surface area contributed by atoms with Crippen molar-refractivity contribution in [1.82, 2.24) is 9.80 Å². The van der Waals surface area contributed by atoms with Gasteiger partial charge in [0.05, 0.1) is 31.9 Å². The van der Waals surface area contributed by atoms with Crippen LogP contribution in [-0.4, -0.2) is 66.3 Å². The van der Waals surface area contributed by atoms with Gasteiger partial charge in [0.1, 0.15) is 12.4 Å². The molecule has 7 heteroatoms. The molecule has 1 aliphatic heterocycles. The van der Waals surface area contributed by atoms with Crippen LogP contribution in [-0.2, 0) is 22.6 Å². The Morgan fingerprint density at radius 2 is 2.00 bits per heavy atom. The average molecular weight is 535 g/mol. The van der Waals surface area contributed by atoms with Gasteiger partial charge in [0, 0.05) is 24.5 Å². The number of carbonyl (C=O) groups excluding carboxylic acids is 1. The van der Waals surface area contributed by atoms with E-state index in [9.17, 15) is 9.90 Å². The maximum atomic E-state index is 13.7. The number of rotatable bonds is 13. The predicted molar refractivity (Wildman–Crippen MR) is 150 cm³/mol. The van der Waals surface area contributed by atoms with E-state index in [0.717, 1.165) is 29.8 Å². The summed E-state index contributed by atoms with van der Waals surface area (Å²) in [6, 6.07) is 20.0. The number of ether oxygens (including phenoxy) is 2. The number of fused-ring (bicyclic) bond motifs is 1. The summed E-state index contributed by atoms with van der Waals surface area (Å²) in [4.78, 5) is 19.2. The SMILES string of the molecule is Cc1cccc(OCC2c3ccsc3CCN2C(=O)CN(CC(O)COCc2ccccc2)CC2CC2)c1. The molecule has 1 fully saturated rings. The van der Waals surface area contributed by atoms with Gasteiger partial charge in [-0.3, -0.25) is 9.69 Å². The van der Waals surface area contributed by atoms with Crippen molar-refractivity contribution in [2.24, 2.45) is 5.92 Å². The van der Waals surface area contributed by atoms with E-state index in [2.05, 4.69) is 29.3 Å². The first-order valence-corrected chi connectivity index (χ1v) is 14.5. The smallest absolute Gasteiger partial charge is 0.237 e. The summed E-state index contributed by atoms with van der Waals surface area (Å²) < 4.78 is 12.0. The standard InChI is InChI=1S/C31H38N2O4S/c1-23-6-5-9-27(16-23)37-22-29-28-13-15-38-30(28)12-14-33(29)31(35)19-32(17-24-10-11-24)18-26(34)21-36-20-25-7-3-2-4-8-25/h2-9,13,15-16,24,26,29,34H,10-12,14,17-22H2,1H3. The second-order valence-electron chi connectivity index (χ2n) is 10.6. The number of hydrogen-bond donors (Lipinski definition) is 1. The number of aliphatic hydroxyl groups is 1. The van der Waals surface area contributed by atoms with E-state index < -0.39 is 6.10 Å². The Balaban J connectivity index is 1.20. The first kappa shape index (κ1) is 26.9. The van der Waals surface area contributed by atoms with Crippen molar-refractivity contribution in [1.29, 1.82) is 0 Å². The minimum absolute atomic E-state index is 0.0951. The van der Waals surface area contributed by atoms with E-state index in [0.29, 0.717) is 38.8 Å². The van der Waals surface area contributed by atoms with Gasteiger partial charge in [-0.25, -0.2) is 0 Å². The van der Waals surface area contributed by atoms with Crippen LogP contribution in [0.2, 0.25) is 0 Å². The molecule has 38 heavy (non-hydrogen) atoms. The zero-order valence-corrected chi connectivity index (χ0v) is 22.9. The Morgan fingerprint density at radius 1 is 1.16 bits per heavy atom. The van der Waals surface area contributed by atoms with Crippen molar-refractivity contribution in [2.75, 3.05) is 39.4 Å². The number of carbonyl (C=O) groups is 1. The molecule has 2 unspecified atom stereocenters. The van der Waals surface area contributed by atoms with Gasteiger partial charge < -0.3 is 19.5 Å². The lowest BCUT2D eigenvalue weighted by atomic mass is 10.0. The van der Waals surface area contributed by atoms with Gasteiger partial charge in [0.2, 0.25) is 5.91 Å². The maximum Gasteiger partial charge on any atom is 0.237 e. The quantitative estimate of drug-likeness (QED) is 0.340. The summed E-state index contributed by atoms with van der Waals surface area (Å²) in [6.45, 7) is 5.45. The third-order valence-electron chi connectivity index (χ3n) is 7.28. The highest BCUT2D eigenvalue weighted by atomic mass is 32.1. The molecular weight excluding hydrogens is 496 g/mol. The van der Waals surface area contributed by atoms with Crippen LogP contribution >= 0.6 is 11.3 Å². The lowest BCUT2D eigenvalue weighted by Crippen LogP contribution is -2.48. The number of benzene rings is 2. The van der Waals surface area contributed by atoms with E-state index >= 15 is 0 Å². The zero-order chi connectivity index (χ0) is 26.3. The molecule has 3 aromatic rings. The number of hydrogen-bond acceptors (Lipinski definition) is 6. The van der Waals surface area contributed by atoms with Gasteiger partial charge >= 0.3 is 0 Å². The van der Waals surface area contributed by atoms with Crippen LogP contribution in [0.5, 0.6) is 5.75 Å². The molecule has 0 radical (unpaired) electrons. The summed E-state index contributed by atoms with van der Waals surface area (Å²) in [5.41, 5.74) is 3.43. The molecule has 1 N–H and O–H groups in total. The molecule has 0 spiro atoms. The monoisotopic (exact) mass is 534 g/mol. The van der Waals surface area contributed by atoms with Gasteiger partial charge in [-0.2, -0.15) is 0 Å². The van der Waals surface area contributed by atoms with Crippen molar-refractivity contribution >= 4 is 17.2 Å². The third-order valence-corrected chi connectivity index (χ3v) is 8.27. The van der Waals surface area contributed by atoms with Gasteiger partial charge in [-0.05, 0) is 72.4 Å². The van der Waals surface area contributed by atoms with Crippen molar-refractivity contribution in [3.63, 3.8) is 0 Å². The van der Waals surface area contributed by atoms with Crippen LogP contribution in [0.1, 0.15) is 40.5 Å². The summed E-state index contributed by atoms with van der Waals surface area (Å²) in [5, 5.41) is 12.8. The number of aryl methyl sites for hydroxylation is 1. The van der Waals surface area contributed by atoms with Crippen molar-refractivity contribution < 1.29 is 19.4 Å². The normalized spacial score (nSPS) is 17.9. The van der Waals surface area contributed by atoms with Crippen LogP contribution < -0.4 is 4.74 Å². The van der Waals surface area contributed by atoms with Gasteiger partial charge in [0.15, 0.2) is 0 Å². The number of aliphatic hydroxyl groups excluding tert-OH is 1. The van der Waals surface area contributed by atoms with Gasteiger partial charge in [0.25, 0.3) is 0 Å². The molecule has 1 aliphatic carbocycles. The fourth-order valence-corrected chi connectivity index (χ4v) is 6.07. The molecule has 0 bridgehead atoms. The van der Waals surface area contributed by atoms with Crippen molar-refractivity contribution in [2.45, 2.75) is 44.9 Å². The Bertz CT molecular complexity index is 1180. The Kier molecular flexibility index (Phi) is 9.12. The third kappa shape index (κ3) is 7.44. The van der Waals surface area contributed by atoms with Crippen LogP contribution in [0, 0.1) is 12.8 Å². The zero-order valence-electron chi connectivity index (χ0n) is 22.1. The van der Waals surface area contributed by atoms with Crippen LogP contribution in [0.15, 0.2) is 66.0 Å². The van der Waals surface area contributed by atoms with Crippen LogP contribution in [0.3, 0.4) is 0 Å². The second kappa shape index (κ2) is 12.9. The molecule has 1 saturated carbocycles. The van der Waals surface area contributed by atoms with Crippen molar-refractivity contribution in [3.05, 3.63) is 87.6 Å². The first-order valence-electron chi connectivity index (χ1n) is 13.6. The fraction of sp³-hybridized carbons (Fsp3) is 0.452. The van der Waals surface area contributed by atoms with E-state index in [1.807, 2.05) is 53.4 Å². The summed E-state index contributed by atoms with van der Waals surface area (Å²) in [5.74, 6) is 1.54. The molecule has 2 aliphatic rings. The Morgan fingerprint density at radius 3 is 2.79 bits per heavy atom. The molecule has 5 rings (SSSR count). The van der Waals surface area contributed by atoms with Gasteiger partial charge in [-0.1, -0.05) is 42.5 Å². The highest BCUT2D eigenvalue weighted by molar-refractivity contribution is 7.10. The van der Waals surface area contributed by atoms with Crippen LogP contribution in [0.4, 0.5) is 0 Å². The van der Waals surface area contributed by atoms with E-state index in [1.165, 1.54) is 23.3 Å². The average Bonchev–Trinajstić information content (AvgIpc) is 3.59. The fourth-order valence-electron chi connectivity index (χ4n) is 5.14. The molecule has 6 nitrogen and oxygen atoms in total. The van der Waals surface area contributed by atoms with Crippen LogP contribution in [0.25, 0.3) is 0 Å². The topological polar surface area (TPSA) is 62.2 Å². The number of nitrogens with zero attached hydrogens (tertiary/aromatic N) is 2. The molecule has 202 valence electrons. The number of thiophene rings is 1. The summed E-state index contributed by atoms with van der Waals surface area (Å²) in [7, 11) is 0. The summed E-state index contributed by atoms with van der Waals surface area (Å²) >= 11 is 1.76. The van der Waals surface area contributed by atoms with E-state index in [4.69, 9.17) is 9.47 Å². The van der Waals surface area contributed by atoms with Gasteiger partial charge in [-0.15, -0.1) is 11.3 Å². The highest BCUT2D eigenvalue weighted by Gasteiger charge is 2.34. The molecule has 1 aromatic heterocycles. The van der Waals surface area contributed by atoms with Crippen molar-refractivity contribution in [3.8, 4) is 5.75 Å². The van der Waals surface area contributed by atoms with E-state index in [-0.39, 0.29) is 18.6 Å². The Labute approximate surface area is 229 Å². The second-order valence-corrected chi connectivity index (χ2v) is 11.6. The lowest BCUT2D eigenvalue weighted by molar-refractivity contribution is -0.136. The number of amides is 1. The highest BCUT2D eigenvalue weighted by Crippen LogP contribution is 2.34. The minimum Gasteiger partial charge on any atom is -0.491 e. The summed E-state index contributed by atoms with van der Waals surface area (Å²) in [6.07, 6.45) is 2.62. The maximum absolute atomic E-state index is 13.7. The molecule has 2 aromatic carbocycles. The Hall–Kier alpha value is -2.71. The largest absolute Gasteiger partial charge is 0.491 e. The minimum atomic E-state index is -0.643. The first-order chi connectivity index (χ1) is 18.5.